The standard InChI is InChI=1S/C15H19NOS/c1-11-7-15(12(2)18-11)9-16-8-13-3-5-14(10-17)6-4-13/h3-7,16-17H,8-10H2,1-2H3. The number of rotatable bonds is 5. The van der Waals surface area contributed by atoms with E-state index in [0.717, 1.165) is 18.7 Å². The summed E-state index contributed by atoms with van der Waals surface area (Å²) in [4.78, 5) is 2.77. The number of benzene rings is 1. The topological polar surface area (TPSA) is 32.3 Å². The van der Waals surface area contributed by atoms with Crippen molar-refractivity contribution in [3.8, 4) is 0 Å². The number of aliphatic hydroxyl groups excluding tert-OH is 1. The zero-order valence-electron chi connectivity index (χ0n) is 10.9. The van der Waals surface area contributed by atoms with Crippen molar-refractivity contribution in [3.05, 3.63) is 56.8 Å². The van der Waals surface area contributed by atoms with E-state index < -0.39 is 0 Å². The Morgan fingerprint density at radius 2 is 1.72 bits per heavy atom. The third-order valence-corrected chi connectivity index (χ3v) is 4.00. The Kier molecular flexibility index (Phi) is 4.53. The summed E-state index contributed by atoms with van der Waals surface area (Å²) >= 11 is 1.85. The van der Waals surface area contributed by atoms with E-state index >= 15 is 0 Å². The highest BCUT2D eigenvalue weighted by atomic mass is 32.1. The zero-order chi connectivity index (χ0) is 13.0. The molecule has 0 aliphatic carbocycles. The second-order valence-corrected chi connectivity index (χ2v) is 5.98. The quantitative estimate of drug-likeness (QED) is 0.866. The second-order valence-electron chi connectivity index (χ2n) is 4.52. The van der Waals surface area contributed by atoms with E-state index in [9.17, 15) is 0 Å². The first-order valence-corrected chi connectivity index (χ1v) is 6.96. The van der Waals surface area contributed by atoms with Crippen LogP contribution in [0.1, 0.15) is 26.4 Å². The summed E-state index contributed by atoms with van der Waals surface area (Å²) in [6.07, 6.45) is 0. The predicted octanol–water partition coefficient (Wildman–Crippen LogP) is 3.15. The maximum absolute atomic E-state index is 8.97. The summed E-state index contributed by atoms with van der Waals surface area (Å²) in [5, 5.41) is 12.4. The lowest BCUT2D eigenvalue weighted by Gasteiger charge is -2.05. The second kappa shape index (κ2) is 6.14. The first kappa shape index (κ1) is 13.3. The molecule has 2 N–H and O–H groups in total. The van der Waals surface area contributed by atoms with Crippen LogP contribution in [0.2, 0.25) is 0 Å². The van der Waals surface area contributed by atoms with Gasteiger partial charge >= 0.3 is 0 Å². The molecular weight excluding hydrogens is 242 g/mol. The first-order valence-electron chi connectivity index (χ1n) is 6.14. The number of aryl methyl sites for hydroxylation is 2. The van der Waals surface area contributed by atoms with Crippen molar-refractivity contribution in [2.45, 2.75) is 33.5 Å². The van der Waals surface area contributed by atoms with Gasteiger partial charge in [0.2, 0.25) is 0 Å². The van der Waals surface area contributed by atoms with Crippen molar-refractivity contribution in [2.24, 2.45) is 0 Å². The Hall–Kier alpha value is -1.16. The minimum Gasteiger partial charge on any atom is -0.392 e. The smallest absolute Gasteiger partial charge is 0.0681 e. The van der Waals surface area contributed by atoms with Crippen LogP contribution < -0.4 is 5.32 Å². The predicted molar refractivity (Wildman–Crippen MR) is 76.7 cm³/mol. The van der Waals surface area contributed by atoms with Crippen LogP contribution in [0.4, 0.5) is 0 Å². The van der Waals surface area contributed by atoms with Crippen LogP contribution in [-0.2, 0) is 19.7 Å². The Bertz CT molecular complexity index is 502. The van der Waals surface area contributed by atoms with Gasteiger partial charge in [0.15, 0.2) is 0 Å². The summed E-state index contributed by atoms with van der Waals surface area (Å²) < 4.78 is 0. The Labute approximate surface area is 112 Å². The fraction of sp³-hybridized carbons (Fsp3) is 0.333. The van der Waals surface area contributed by atoms with Gasteiger partial charge in [-0.1, -0.05) is 24.3 Å². The maximum Gasteiger partial charge on any atom is 0.0681 e. The fourth-order valence-corrected chi connectivity index (χ4v) is 2.91. The monoisotopic (exact) mass is 261 g/mol. The van der Waals surface area contributed by atoms with Gasteiger partial charge in [-0.3, -0.25) is 0 Å². The van der Waals surface area contributed by atoms with E-state index in [0.29, 0.717) is 0 Å². The lowest BCUT2D eigenvalue weighted by atomic mass is 10.1. The van der Waals surface area contributed by atoms with Crippen molar-refractivity contribution < 1.29 is 5.11 Å². The average Bonchev–Trinajstić information content (AvgIpc) is 2.69. The van der Waals surface area contributed by atoms with Crippen LogP contribution in [0.15, 0.2) is 30.3 Å². The molecule has 0 saturated carbocycles. The zero-order valence-corrected chi connectivity index (χ0v) is 11.7. The highest BCUT2D eigenvalue weighted by Gasteiger charge is 2.02. The van der Waals surface area contributed by atoms with E-state index in [4.69, 9.17) is 5.11 Å². The number of hydrogen-bond acceptors (Lipinski definition) is 3. The SMILES string of the molecule is Cc1cc(CNCc2ccc(CO)cc2)c(C)s1. The molecule has 0 amide bonds. The van der Waals surface area contributed by atoms with Gasteiger partial charge in [-0.05, 0) is 36.6 Å². The van der Waals surface area contributed by atoms with E-state index in [1.165, 1.54) is 20.9 Å². The van der Waals surface area contributed by atoms with Crippen molar-refractivity contribution >= 4 is 11.3 Å². The van der Waals surface area contributed by atoms with Crippen molar-refractivity contribution in [1.82, 2.24) is 5.32 Å². The van der Waals surface area contributed by atoms with Gasteiger partial charge in [-0.2, -0.15) is 0 Å². The average molecular weight is 261 g/mol. The largest absolute Gasteiger partial charge is 0.392 e. The molecule has 0 fully saturated rings. The normalized spacial score (nSPS) is 10.8. The summed E-state index contributed by atoms with van der Waals surface area (Å²) in [5.74, 6) is 0. The molecule has 0 aliphatic rings. The third-order valence-electron chi connectivity index (χ3n) is 2.99. The van der Waals surface area contributed by atoms with Gasteiger partial charge in [0, 0.05) is 22.8 Å². The van der Waals surface area contributed by atoms with Crippen LogP contribution >= 0.6 is 11.3 Å². The highest BCUT2D eigenvalue weighted by molar-refractivity contribution is 7.12. The Morgan fingerprint density at radius 1 is 1.06 bits per heavy atom. The molecule has 0 bridgehead atoms. The molecule has 1 aromatic carbocycles. The molecule has 0 radical (unpaired) electrons. The van der Waals surface area contributed by atoms with Crippen LogP contribution in [-0.4, -0.2) is 5.11 Å². The maximum atomic E-state index is 8.97. The van der Waals surface area contributed by atoms with Crippen LogP contribution in [0.3, 0.4) is 0 Å². The number of hydrogen-bond donors (Lipinski definition) is 2. The summed E-state index contributed by atoms with van der Waals surface area (Å²) in [7, 11) is 0. The van der Waals surface area contributed by atoms with E-state index in [1.54, 1.807) is 0 Å². The Balaban J connectivity index is 1.86. The molecule has 2 aromatic rings. The molecule has 1 heterocycles. The number of thiophene rings is 1. The third kappa shape index (κ3) is 3.42. The van der Waals surface area contributed by atoms with Crippen LogP contribution in [0.5, 0.6) is 0 Å². The molecule has 0 spiro atoms. The van der Waals surface area contributed by atoms with E-state index in [-0.39, 0.29) is 6.61 Å². The Morgan fingerprint density at radius 3 is 2.28 bits per heavy atom. The lowest BCUT2D eigenvalue weighted by Crippen LogP contribution is -2.12. The van der Waals surface area contributed by atoms with Crippen molar-refractivity contribution in [2.75, 3.05) is 0 Å². The van der Waals surface area contributed by atoms with Gasteiger partial charge in [-0.15, -0.1) is 11.3 Å². The molecule has 3 heteroatoms. The molecular formula is C15H19NOS. The molecule has 1 aromatic heterocycles. The minimum atomic E-state index is 0.112. The fourth-order valence-electron chi connectivity index (χ4n) is 1.96. The van der Waals surface area contributed by atoms with Gasteiger partial charge in [0.25, 0.3) is 0 Å². The van der Waals surface area contributed by atoms with Gasteiger partial charge in [0.1, 0.15) is 0 Å². The first-order chi connectivity index (χ1) is 8.69. The molecule has 0 aliphatic heterocycles. The summed E-state index contributed by atoms with van der Waals surface area (Å²) in [6, 6.07) is 10.3. The number of aliphatic hydroxyl groups is 1. The molecule has 96 valence electrons. The van der Waals surface area contributed by atoms with Crippen LogP contribution in [0, 0.1) is 13.8 Å². The summed E-state index contributed by atoms with van der Waals surface area (Å²) in [6.45, 7) is 6.21. The highest BCUT2D eigenvalue weighted by Crippen LogP contribution is 2.20. The molecule has 2 nitrogen and oxygen atoms in total. The van der Waals surface area contributed by atoms with E-state index in [1.807, 2.05) is 23.5 Å². The van der Waals surface area contributed by atoms with Gasteiger partial charge in [0.05, 0.1) is 6.61 Å². The van der Waals surface area contributed by atoms with Crippen molar-refractivity contribution in [1.29, 1.82) is 0 Å². The minimum absolute atomic E-state index is 0.112. The number of nitrogens with one attached hydrogen (secondary N) is 1. The molecule has 2 rings (SSSR count). The lowest BCUT2D eigenvalue weighted by molar-refractivity contribution is 0.282. The molecule has 0 atom stereocenters. The molecule has 0 saturated heterocycles. The summed E-state index contributed by atoms with van der Waals surface area (Å²) in [5.41, 5.74) is 3.60. The van der Waals surface area contributed by atoms with E-state index in [2.05, 4.69) is 37.4 Å². The van der Waals surface area contributed by atoms with Gasteiger partial charge < -0.3 is 10.4 Å². The van der Waals surface area contributed by atoms with Crippen molar-refractivity contribution in [3.63, 3.8) is 0 Å². The van der Waals surface area contributed by atoms with Crippen LogP contribution in [0.25, 0.3) is 0 Å². The molecule has 18 heavy (non-hydrogen) atoms. The van der Waals surface area contributed by atoms with Gasteiger partial charge in [-0.25, -0.2) is 0 Å². The molecule has 0 unspecified atom stereocenters.